The van der Waals surface area contributed by atoms with E-state index in [1.54, 1.807) is 12.3 Å². The van der Waals surface area contributed by atoms with Gasteiger partial charge in [-0.05, 0) is 48.0 Å². The summed E-state index contributed by atoms with van der Waals surface area (Å²) in [7, 11) is 0. The third-order valence-corrected chi connectivity index (χ3v) is 4.65. The first-order valence-electron chi connectivity index (χ1n) is 7.67. The number of para-hydroxylation sites is 1. The maximum absolute atomic E-state index is 12.4. The number of carbonyl (C=O) groups is 1. The average Bonchev–Trinajstić information content (AvgIpc) is 2.90. The van der Waals surface area contributed by atoms with E-state index in [0.717, 1.165) is 22.6 Å². The van der Waals surface area contributed by atoms with Crippen LogP contribution in [0, 0.1) is 13.8 Å². The van der Waals surface area contributed by atoms with Crippen LogP contribution in [0.1, 0.15) is 27.3 Å². The van der Waals surface area contributed by atoms with Crippen LogP contribution < -0.4 is 5.32 Å². The third kappa shape index (κ3) is 3.75. The first-order valence-corrected chi connectivity index (χ1v) is 8.84. The zero-order valence-corrected chi connectivity index (χ0v) is 16.1. The van der Waals surface area contributed by atoms with E-state index in [1.165, 1.54) is 0 Å². The van der Waals surface area contributed by atoms with Crippen molar-refractivity contribution >= 4 is 33.4 Å². The van der Waals surface area contributed by atoms with Crippen molar-refractivity contribution in [2.75, 3.05) is 0 Å². The molecule has 0 aliphatic rings. The smallest absolute Gasteiger partial charge is 0.254 e. The maximum atomic E-state index is 12.4. The summed E-state index contributed by atoms with van der Waals surface area (Å²) in [6, 6.07) is 11.5. The number of benzene rings is 1. The van der Waals surface area contributed by atoms with Gasteiger partial charge in [-0.2, -0.15) is 5.10 Å². The van der Waals surface area contributed by atoms with Gasteiger partial charge in [0.05, 0.1) is 16.9 Å². The summed E-state index contributed by atoms with van der Waals surface area (Å²) in [6.45, 7) is 4.29. The van der Waals surface area contributed by atoms with Gasteiger partial charge in [0, 0.05) is 28.5 Å². The molecule has 25 heavy (non-hydrogen) atoms. The molecule has 0 atom stereocenters. The van der Waals surface area contributed by atoms with Crippen molar-refractivity contribution in [3.05, 3.63) is 74.7 Å². The number of aryl methyl sites for hydroxylation is 1. The Bertz CT molecular complexity index is 924. The molecule has 2 heterocycles. The second-order valence-electron chi connectivity index (χ2n) is 5.57. The molecule has 0 saturated carbocycles. The standard InChI is InChI=1S/C18H16BrClN4O/c1-11-16(12(2)24(23-11)14-6-4-3-5-7-14)10-22-18(25)15-8-13(19)9-21-17(15)20/h3-9H,10H2,1-2H3,(H,22,25). The zero-order valence-electron chi connectivity index (χ0n) is 13.8. The van der Waals surface area contributed by atoms with Crippen molar-refractivity contribution in [3.63, 3.8) is 0 Å². The molecule has 0 spiro atoms. The lowest BCUT2D eigenvalue weighted by molar-refractivity contribution is 0.0950. The molecule has 0 radical (unpaired) electrons. The van der Waals surface area contributed by atoms with Crippen LogP contribution in [0.5, 0.6) is 0 Å². The van der Waals surface area contributed by atoms with E-state index in [2.05, 4.69) is 31.3 Å². The second-order valence-corrected chi connectivity index (χ2v) is 6.84. The summed E-state index contributed by atoms with van der Waals surface area (Å²) >= 11 is 9.31. The largest absolute Gasteiger partial charge is 0.348 e. The molecule has 0 bridgehead atoms. The van der Waals surface area contributed by atoms with Gasteiger partial charge in [0.1, 0.15) is 5.15 Å². The molecule has 5 nitrogen and oxygen atoms in total. The number of hydrogen-bond donors (Lipinski definition) is 1. The highest BCUT2D eigenvalue weighted by molar-refractivity contribution is 9.10. The molecule has 0 aliphatic carbocycles. The highest BCUT2D eigenvalue weighted by Gasteiger charge is 2.16. The van der Waals surface area contributed by atoms with Crippen LogP contribution in [-0.2, 0) is 6.54 Å². The summed E-state index contributed by atoms with van der Waals surface area (Å²) in [6.07, 6.45) is 1.55. The molecule has 1 N–H and O–H groups in total. The van der Waals surface area contributed by atoms with E-state index in [1.807, 2.05) is 48.9 Å². The van der Waals surface area contributed by atoms with Gasteiger partial charge in [0.2, 0.25) is 0 Å². The number of aromatic nitrogens is 3. The summed E-state index contributed by atoms with van der Waals surface area (Å²) in [5, 5.41) is 7.65. The Hall–Kier alpha value is -2.18. The summed E-state index contributed by atoms with van der Waals surface area (Å²) in [4.78, 5) is 16.4. The Balaban J connectivity index is 1.81. The van der Waals surface area contributed by atoms with Crippen molar-refractivity contribution in [1.29, 1.82) is 0 Å². The fourth-order valence-corrected chi connectivity index (χ4v) is 3.12. The molecule has 0 fully saturated rings. The maximum Gasteiger partial charge on any atom is 0.254 e. The number of nitrogens with one attached hydrogen (secondary N) is 1. The van der Waals surface area contributed by atoms with E-state index in [-0.39, 0.29) is 11.1 Å². The van der Waals surface area contributed by atoms with Gasteiger partial charge < -0.3 is 5.32 Å². The SMILES string of the molecule is Cc1nn(-c2ccccc2)c(C)c1CNC(=O)c1cc(Br)cnc1Cl. The molecule has 1 amide bonds. The zero-order chi connectivity index (χ0) is 18.0. The fraction of sp³-hybridized carbons (Fsp3) is 0.167. The Morgan fingerprint density at radius 3 is 2.72 bits per heavy atom. The average molecular weight is 420 g/mol. The van der Waals surface area contributed by atoms with Gasteiger partial charge in [-0.25, -0.2) is 9.67 Å². The minimum Gasteiger partial charge on any atom is -0.348 e. The number of rotatable bonds is 4. The Kier molecular flexibility index (Phi) is 5.20. The molecule has 0 saturated heterocycles. The van der Waals surface area contributed by atoms with Crippen molar-refractivity contribution in [1.82, 2.24) is 20.1 Å². The molecule has 3 rings (SSSR count). The van der Waals surface area contributed by atoms with Gasteiger partial charge in [-0.3, -0.25) is 4.79 Å². The van der Waals surface area contributed by atoms with Crippen molar-refractivity contribution in [2.45, 2.75) is 20.4 Å². The number of pyridine rings is 1. The Labute approximate surface area is 159 Å². The lowest BCUT2D eigenvalue weighted by Gasteiger charge is -2.08. The first kappa shape index (κ1) is 17.6. The van der Waals surface area contributed by atoms with Crippen molar-refractivity contribution in [2.24, 2.45) is 0 Å². The summed E-state index contributed by atoms with van der Waals surface area (Å²) < 4.78 is 2.58. The number of amides is 1. The van der Waals surface area contributed by atoms with Gasteiger partial charge >= 0.3 is 0 Å². The Morgan fingerprint density at radius 2 is 2.00 bits per heavy atom. The van der Waals surface area contributed by atoms with Crippen molar-refractivity contribution in [3.8, 4) is 5.69 Å². The van der Waals surface area contributed by atoms with Crippen LogP contribution in [0.15, 0.2) is 47.1 Å². The molecule has 1 aromatic carbocycles. The molecule has 2 aromatic heterocycles. The topological polar surface area (TPSA) is 59.8 Å². The lowest BCUT2D eigenvalue weighted by atomic mass is 10.2. The highest BCUT2D eigenvalue weighted by atomic mass is 79.9. The predicted molar refractivity (Wildman–Crippen MR) is 101 cm³/mol. The molecule has 128 valence electrons. The minimum atomic E-state index is -0.273. The van der Waals surface area contributed by atoms with Crippen LogP contribution in [0.2, 0.25) is 5.15 Å². The van der Waals surface area contributed by atoms with E-state index >= 15 is 0 Å². The molecular weight excluding hydrogens is 404 g/mol. The summed E-state index contributed by atoms with van der Waals surface area (Å²) in [5.41, 5.74) is 4.17. The molecular formula is C18H16BrClN4O. The van der Waals surface area contributed by atoms with Crippen LogP contribution in [-0.4, -0.2) is 20.7 Å². The number of nitrogens with zero attached hydrogens (tertiary/aromatic N) is 3. The van der Waals surface area contributed by atoms with Crippen LogP contribution >= 0.6 is 27.5 Å². The van der Waals surface area contributed by atoms with Crippen molar-refractivity contribution < 1.29 is 4.79 Å². The Morgan fingerprint density at radius 1 is 1.28 bits per heavy atom. The third-order valence-electron chi connectivity index (χ3n) is 3.92. The van der Waals surface area contributed by atoms with E-state index < -0.39 is 0 Å². The van der Waals surface area contributed by atoms with Crippen LogP contribution in [0.4, 0.5) is 0 Å². The lowest BCUT2D eigenvalue weighted by Crippen LogP contribution is -2.24. The minimum absolute atomic E-state index is 0.175. The molecule has 3 aromatic rings. The van der Waals surface area contributed by atoms with Crippen LogP contribution in [0.3, 0.4) is 0 Å². The number of carbonyl (C=O) groups excluding carboxylic acids is 1. The second kappa shape index (κ2) is 7.37. The first-order chi connectivity index (χ1) is 12.0. The summed E-state index contributed by atoms with van der Waals surface area (Å²) in [5.74, 6) is -0.273. The van der Waals surface area contributed by atoms with Gasteiger partial charge in [0.25, 0.3) is 5.91 Å². The number of hydrogen-bond acceptors (Lipinski definition) is 3. The van der Waals surface area contributed by atoms with E-state index in [4.69, 9.17) is 11.6 Å². The van der Waals surface area contributed by atoms with Gasteiger partial charge in [0.15, 0.2) is 0 Å². The monoisotopic (exact) mass is 418 g/mol. The fourth-order valence-electron chi connectivity index (χ4n) is 2.60. The van der Waals surface area contributed by atoms with Gasteiger partial charge in [-0.15, -0.1) is 0 Å². The normalized spacial score (nSPS) is 10.7. The van der Waals surface area contributed by atoms with E-state index in [9.17, 15) is 4.79 Å². The van der Waals surface area contributed by atoms with E-state index in [0.29, 0.717) is 16.6 Å². The molecule has 7 heteroatoms. The quantitative estimate of drug-likeness (QED) is 0.644. The van der Waals surface area contributed by atoms with Gasteiger partial charge in [-0.1, -0.05) is 29.8 Å². The molecule has 0 aliphatic heterocycles. The predicted octanol–water partition coefficient (Wildman–Crippen LogP) is 4.23. The molecule has 0 unspecified atom stereocenters. The van der Waals surface area contributed by atoms with Crippen LogP contribution in [0.25, 0.3) is 5.69 Å². The number of halogens is 2. The highest BCUT2D eigenvalue weighted by Crippen LogP contribution is 2.20.